The molecule has 1 atom stereocenters. The van der Waals surface area contributed by atoms with Gasteiger partial charge < -0.3 is 10.6 Å². The van der Waals surface area contributed by atoms with Crippen LogP contribution in [0.5, 0.6) is 0 Å². The standard InChI is InChI=1S/C6H13N2.Cr/c1-7-5-6-3-2-4-8-6;/h6-8H,1-5H2;/q-1;. The molecule has 1 heterocycles. The zero-order valence-corrected chi connectivity index (χ0v) is 6.80. The average Bonchev–Trinajstić information content (AvgIpc) is 2.19. The van der Waals surface area contributed by atoms with E-state index in [-0.39, 0.29) is 17.4 Å². The van der Waals surface area contributed by atoms with E-state index in [1.807, 2.05) is 0 Å². The maximum Gasteiger partial charge on any atom is 0.0169 e. The average molecular weight is 165 g/mol. The summed E-state index contributed by atoms with van der Waals surface area (Å²) < 4.78 is 0. The SMILES string of the molecule is [CH2-]NCC1CCCN1.[Cr]. The summed E-state index contributed by atoms with van der Waals surface area (Å²) in [7, 11) is 3.56. The number of nitrogens with one attached hydrogen (secondary N) is 2. The fourth-order valence-corrected chi connectivity index (χ4v) is 1.11. The van der Waals surface area contributed by atoms with Gasteiger partial charge in [0, 0.05) is 23.4 Å². The topological polar surface area (TPSA) is 24.1 Å². The van der Waals surface area contributed by atoms with Gasteiger partial charge in [0.15, 0.2) is 0 Å². The van der Waals surface area contributed by atoms with Gasteiger partial charge in [0.1, 0.15) is 0 Å². The fourth-order valence-electron chi connectivity index (χ4n) is 1.11. The minimum atomic E-state index is 0. The molecule has 1 rings (SSSR count). The molecule has 2 nitrogen and oxygen atoms in total. The second-order valence-corrected chi connectivity index (χ2v) is 2.25. The molecule has 1 saturated heterocycles. The molecular formula is C6H13CrN2-. The molecule has 2 N–H and O–H groups in total. The van der Waals surface area contributed by atoms with Crippen molar-refractivity contribution in [1.29, 1.82) is 0 Å². The molecule has 1 aliphatic heterocycles. The third-order valence-corrected chi connectivity index (χ3v) is 1.55. The Morgan fingerprint density at radius 2 is 2.44 bits per heavy atom. The number of hydrogen-bond acceptors (Lipinski definition) is 2. The summed E-state index contributed by atoms with van der Waals surface area (Å²) in [6.45, 7) is 2.20. The summed E-state index contributed by atoms with van der Waals surface area (Å²) >= 11 is 0. The van der Waals surface area contributed by atoms with E-state index in [1.54, 1.807) is 0 Å². The second kappa shape index (κ2) is 5.25. The van der Waals surface area contributed by atoms with E-state index in [9.17, 15) is 0 Å². The Balaban J connectivity index is 0.000000640. The second-order valence-electron chi connectivity index (χ2n) is 2.25. The van der Waals surface area contributed by atoms with Crippen molar-refractivity contribution in [2.24, 2.45) is 0 Å². The van der Waals surface area contributed by atoms with Gasteiger partial charge in [-0.3, -0.25) is 7.05 Å². The van der Waals surface area contributed by atoms with Gasteiger partial charge in [-0.15, -0.1) is 0 Å². The van der Waals surface area contributed by atoms with E-state index in [2.05, 4.69) is 17.7 Å². The van der Waals surface area contributed by atoms with Crippen LogP contribution in [0.1, 0.15) is 12.8 Å². The Morgan fingerprint density at radius 3 is 2.89 bits per heavy atom. The van der Waals surface area contributed by atoms with Crippen LogP contribution in [0, 0.1) is 7.05 Å². The first-order chi connectivity index (χ1) is 3.93. The fraction of sp³-hybridized carbons (Fsp3) is 0.833. The zero-order valence-electron chi connectivity index (χ0n) is 5.52. The Morgan fingerprint density at radius 1 is 1.67 bits per heavy atom. The van der Waals surface area contributed by atoms with E-state index in [0.29, 0.717) is 6.04 Å². The Labute approximate surface area is 67.5 Å². The maximum atomic E-state index is 3.56. The summed E-state index contributed by atoms with van der Waals surface area (Å²) in [4.78, 5) is 0. The van der Waals surface area contributed by atoms with Crippen molar-refractivity contribution in [3.05, 3.63) is 7.05 Å². The van der Waals surface area contributed by atoms with Crippen LogP contribution in [0.3, 0.4) is 0 Å². The molecule has 3 heteroatoms. The quantitative estimate of drug-likeness (QED) is 0.568. The molecule has 0 spiro atoms. The molecule has 0 amide bonds. The van der Waals surface area contributed by atoms with Gasteiger partial charge in [-0.05, 0) is 25.9 Å². The van der Waals surface area contributed by atoms with Crippen LogP contribution in [0.4, 0.5) is 0 Å². The molecule has 0 saturated carbocycles. The van der Waals surface area contributed by atoms with Crippen molar-refractivity contribution in [2.75, 3.05) is 13.1 Å². The summed E-state index contributed by atoms with van der Waals surface area (Å²) in [6.07, 6.45) is 2.63. The van der Waals surface area contributed by atoms with Crippen molar-refractivity contribution >= 4 is 0 Å². The summed E-state index contributed by atoms with van der Waals surface area (Å²) in [5.74, 6) is 0. The van der Waals surface area contributed by atoms with E-state index >= 15 is 0 Å². The van der Waals surface area contributed by atoms with E-state index in [1.165, 1.54) is 19.4 Å². The van der Waals surface area contributed by atoms with Crippen molar-refractivity contribution in [3.8, 4) is 0 Å². The zero-order chi connectivity index (χ0) is 5.82. The molecule has 0 bridgehead atoms. The predicted octanol–water partition coefficient (Wildman–Crippen LogP) is 0.117. The van der Waals surface area contributed by atoms with Gasteiger partial charge in [0.05, 0.1) is 0 Å². The van der Waals surface area contributed by atoms with Crippen molar-refractivity contribution in [1.82, 2.24) is 10.6 Å². The van der Waals surface area contributed by atoms with Crippen LogP contribution in [0.15, 0.2) is 0 Å². The Hall–Kier alpha value is 0.452. The molecule has 0 aliphatic carbocycles. The van der Waals surface area contributed by atoms with Crippen LogP contribution >= 0.6 is 0 Å². The summed E-state index contributed by atoms with van der Waals surface area (Å²) in [5.41, 5.74) is 0. The molecule has 54 valence electrons. The smallest absolute Gasteiger partial charge is 0.0169 e. The molecule has 0 aromatic rings. The first-order valence-electron chi connectivity index (χ1n) is 3.17. The number of rotatable bonds is 2. The van der Waals surface area contributed by atoms with Crippen LogP contribution in [-0.4, -0.2) is 19.1 Å². The van der Waals surface area contributed by atoms with Gasteiger partial charge in [-0.1, -0.05) is 0 Å². The minimum absolute atomic E-state index is 0. The van der Waals surface area contributed by atoms with Crippen LogP contribution in [-0.2, 0) is 17.4 Å². The first-order valence-corrected chi connectivity index (χ1v) is 3.17. The van der Waals surface area contributed by atoms with Gasteiger partial charge in [-0.25, -0.2) is 0 Å². The van der Waals surface area contributed by atoms with Gasteiger partial charge in [0.2, 0.25) is 0 Å². The monoisotopic (exact) mass is 165 g/mol. The number of hydrogen-bond donors (Lipinski definition) is 2. The van der Waals surface area contributed by atoms with E-state index in [0.717, 1.165) is 6.54 Å². The summed E-state index contributed by atoms with van der Waals surface area (Å²) in [6, 6.07) is 0.687. The molecule has 1 fully saturated rings. The van der Waals surface area contributed by atoms with Crippen LogP contribution < -0.4 is 10.6 Å². The molecule has 9 heavy (non-hydrogen) atoms. The molecular weight excluding hydrogens is 152 g/mol. The molecule has 0 radical (unpaired) electrons. The minimum Gasteiger partial charge on any atom is -0.471 e. The van der Waals surface area contributed by atoms with E-state index < -0.39 is 0 Å². The first kappa shape index (κ1) is 9.45. The van der Waals surface area contributed by atoms with Crippen LogP contribution in [0.25, 0.3) is 0 Å². The van der Waals surface area contributed by atoms with Gasteiger partial charge in [-0.2, -0.15) is 0 Å². The van der Waals surface area contributed by atoms with Crippen molar-refractivity contribution in [3.63, 3.8) is 0 Å². The predicted molar refractivity (Wildman–Crippen MR) is 34.4 cm³/mol. The Bertz CT molecular complexity index is 62.1. The molecule has 0 aromatic heterocycles. The third kappa shape index (κ3) is 3.22. The van der Waals surface area contributed by atoms with E-state index in [4.69, 9.17) is 0 Å². The van der Waals surface area contributed by atoms with Crippen molar-refractivity contribution in [2.45, 2.75) is 18.9 Å². The molecule has 1 aliphatic rings. The Kier molecular flexibility index (Phi) is 5.52. The van der Waals surface area contributed by atoms with Gasteiger partial charge >= 0.3 is 0 Å². The largest absolute Gasteiger partial charge is 0.471 e. The summed E-state index contributed by atoms with van der Waals surface area (Å²) in [5, 5.41) is 6.25. The molecule has 0 aromatic carbocycles. The van der Waals surface area contributed by atoms with Gasteiger partial charge in [0.25, 0.3) is 0 Å². The molecule has 1 unspecified atom stereocenters. The van der Waals surface area contributed by atoms with Crippen molar-refractivity contribution < 1.29 is 17.4 Å². The normalized spacial score (nSPS) is 25.7. The maximum absolute atomic E-state index is 3.56. The van der Waals surface area contributed by atoms with Crippen LogP contribution in [0.2, 0.25) is 0 Å². The third-order valence-electron chi connectivity index (χ3n) is 1.55.